The third kappa shape index (κ3) is 12.0. The summed E-state index contributed by atoms with van der Waals surface area (Å²) in [5, 5.41) is 2.49. The summed E-state index contributed by atoms with van der Waals surface area (Å²) < 4.78 is 23.8. The minimum Gasteiger partial charge on any atom is -0.359 e. The molecule has 0 aromatic rings. The summed E-state index contributed by atoms with van der Waals surface area (Å²) in [6.45, 7) is 3.89. The molecule has 4 nitrogen and oxygen atoms in total. The Morgan fingerprint density at radius 3 is 1.82 bits per heavy atom. The third-order valence-corrected chi connectivity index (χ3v) is 5.93. The average molecular weight is 334 g/mol. The molecule has 5 heteroatoms. The van der Waals surface area contributed by atoms with Gasteiger partial charge in [-0.2, -0.15) is 0 Å². The van der Waals surface area contributed by atoms with E-state index in [2.05, 4.69) is 12.2 Å². The van der Waals surface area contributed by atoms with Crippen LogP contribution in [0.25, 0.3) is 0 Å². The molecule has 22 heavy (non-hydrogen) atoms. The highest BCUT2D eigenvalue weighted by molar-refractivity contribution is 7.91. The second-order valence-electron chi connectivity index (χ2n) is 6.31. The Morgan fingerprint density at radius 2 is 1.36 bits per heavy atom. The first-order chi connectivity index (χ1) is 10.4. The lowest BCUT2D eigenvalue weighted by Crippen LogP contribution is -2.31. The Hall–Kier alpha value is -0.580. The van der Waals surface area contributed by atoms with Crippen LogP contribution in [0.3, 0.4) is 0 Å². The highest BCUT2D eigenvalue weighted by Crippen LogP contribution is 2.12. The summed E-state index contributed by atoms with van der Waals surface area (Å²) in [7, 11) is -1.57. The summed E-state index contributed by atoms with van der Waals surface area (Å²) in [5.41, 5.74) is 0. The van der Waals surface area contributed by atoms with E-state index in [1.54, 1.807) is 6.92 Å². The molecule has 1 atom stereocenters. The standard InChI is InChI=1S/C17H35NO3S/c1-4-5-6-7-8-9-10-11-12-13-14-22(20,21)15-16(2)17(19)18-3/h16H,4-15H2,1-3H3,(H,18,19). The minimum atomic E-state index is -3.10. The summed E-state index contributed by atoms with van der Waals surface area (Å²) >= 11 is 0. The van der Waals surface area contributed by atoms with Crippen molar-refractivity contribution in [2.75, 3.05) is 18.6 Å². The fraction of sp³-hybridized carbons (Fsp3) is 0.941. The van der Waals surface area contributed by atoms with Gasteiger partial charge in [0.25, 0.3) is 0 Å². The van der Waals surface area contributed by atoms with Gasteiger partial charge < -0.3 is 5.32 Å². The molecule has 132 valence electrons. The Labute approximate surface area is 137 Å². The zero-order valence-electron chi connectivity index (χ0n) is 14.7. The van der Waals surface area contributed by atoms with Crippen molar-refractivity contribution in [3.05, 3.63) is 0 Å². The number of carbonyl (C=O) groups is 1. The first-order valence-electron chi connectivity index (χ1n) is 8.85. The van der Waals surface area contributed by atoms with E-state index < -0.39 is 15.8 Å². The zero-order valence-corrected chi connectivity index (χ0v) is 15.5. The van der Waals surface area contributed by atoms with Gasteiger partial charge in [0.15, 0.2) is 9.84 Å². The van der Waals surface area contributed by atoms with Gasteiger partial charge in [0, 0.05) is 13.0 Å². The highest BCUT2D eigenvalue weighted by Gasteiger charge is 2.20. The quantitative estimate of drug-likeness (QED) is 0.493. The van der Waals surface area contributed by atoms with E-state index in [0.29, 0.717) is 0 Å². The van der Waals surface area contributed by atoms with Crippen molar-refractivity contribution in [1.82, 2.24) is 5.32 Å². The Balaban J connectivity index is 3.59. The van der Waals surface area contributed by atoms with Gasteiger partial charge >= 0.3 is 0 Å². The molecule has 1 amide bonds. The van der Waals surface area contributed by atoms with Crippen LogP contribution in [0.2, 0.25) is 0 Å². The van der Waals surface area contributed by atoms with Gasteiger partial charge in [-0.25, -0.2) is 8.42 Å². The average Bonchev–Trinajstić information content (AvgIpc) is 2.47. The van der Waals surface area contributed by atoms with Crippen molar-refractivity contribution in [2.24, 2.45) is 5.92 Å². The van der Waals surface area contributed by atoms with Gasteiger partial charge in [-0.1, -0.05) is 71.6 Å². The topological polar surface area (TPSA) is 63.2 Å². The van der Waals surface area contributed by atoms with Crippen LogP contribution in [0.1, 0.15) is 78.1 Å². The Kier molecular flexibility index (Phi) is 12.6. The van der Waals surface area contributed by atoms with E-state index >= 15 is 0 Å². The van der Waals surface area contributed by atoms with E-state index in [0.717, 1.165) is 19.3 Å². The number of unbranched alkanes of at least 4 members (excludes halogenated alkanes) is 9. The van der Waals surface area contributed by atoms with Crippen LogP contribution < -0.4 is 5.32 Å². The largest absolute Gasteiger partial charge is 0.359 e. The highest BCUT2D eigenvalue weighted by atomic mass is 32.2. The molecule has 0 fully saturated rings. The molecular weight excluding hydrogens is 298 g/mol. The second kappa shape index (κ2) is 12.9. The maximum atomic E-state index is 11.9. The number of rotatable bonds is 14. The predicted molar refractivity (Wildman–Crippen MR) is 93.7 cm³/mol. The van der Waals surface area contributed by atoms with Crippen molar-refractivity contribution in [2.45, 2.75) is 78.1 Å². The van der Waals surface area contributed by atoms with E-state index in [9.17, 15) is 13.2 Å². The molecule has 0 rings (SSSR count). The molecule has 0 bridgehead atoms. The fourth-order valence-electron chi connectivity index (χ4n) is 2.60. The molecule has 0 aliphatic carbocycles. The molecule has 0 radical (unpaired) electrons. The van der Waals surface area contributed by atoms with Gasteiger partial charge in [-0.15, -0.1) is 0 Å². The maximum Gasteiger partial charge on any atom is 0.223 e. The summed E-state index contributed by atoms with van der Waals surface area (Å²) in [6.07, 6.45) is 11.9. The van der Waals surface area contributed by atoms with Crippen LogP contribution in [-0.4, -0.2) is 32.9 Å². The van der Waals surface area contributed by atoms with Crippen molar-refractivity contribution in [3.63, 3.8) is 0 Å². The maximum absolute atomic E-state index is 11.9. The van der Waals surface area contributed by atoms with Gasteiger partial charge in [0.05, 0.1) is 11.5 Å². The van der Waals surface area contributed by atoms with Crippen LogP contribution in [0.5, 0.6) is 0 Å². The molecule has 1 unspecified atom stereocenters. The number of sulfone groups is 1. The zero-order chi connectivity index (χ0) is 16.8. The van der Waals surface area contributed by atoms with Crippen LogP contribution >= 0.6 is 0 Å². The lowest BCUT2D eigenvalue weighted by atomic mass is 10.1. The molecule has 0 aliphatic heterocycles. The number of carbonyl (C=O) groups excluding carboxylic acids is 1. The molecule has 0 aliphatic rings. The van der Waals surface area contributed by atoms with Crippen molar-refractivity contribution in [1.29, 1.82) is 0 Å². The van der Waals surface area contributed by atoms with Gasteiger partial charge in [-0.05, 0) is 6.42 Å². The van der Waals surface area contributed by atoms with E-state index in [1.165, 1.54) is 52.0 Å². The number of hydrogen-bond donors (Lipinski definition) is 1. The second-order valence-corrected chi connectivity index (χ2v) is 8.54. The van der Waals surface area contributed by atoms with E-state index in [4.69, 9.17) is 0 Å². The first kappa shape index (κ1) is 21.4. The first-order valence-corrected chi connectivity index (χ1v) is 10.7. The smallest absolute Gasteiger partial charge is 0.223 e. The van der Waals surface area contributed by atoms with Gasteiger partial charge in [-0.3, -0.25) is 4.79 Å². The normalized spacial score (nSPS) is 13.0. The Morgan fingerprint density at radius 1 is 0.909 bits per heavy atom. The van der Waals surface area contributed by atoms with Crippen molar-refractivity contribution >= 4 is 15.7 Å². The molecule has 0 aromatic carbocycles. The lowest BCUT2D eigenvalue weighted by Gasteiger charge is -2.10. The molecule has 0 saturated carbocycles. The van der Waals surface area contributed by atoms with E-state index in [1.807, 2.05) is 0 Å². The van der Waals surface area contributed by atoms with Gasteiger partial charge in [0.1, 0.15) is 0 Å². The van der Waals surface area contributed by atoms with Crippen LogP contribution in [-0.2, 0) is 14.6 Å². The summed E-state index contributed by atoms with van der Waals surface area (Å²) in [4.78, 5) is 11.4. The molecule has 0 aromatic heterocycles. The van der Waals surface area contributed by atoms with Crippen LogP contribution in [0, 0.1) is 5.92 Å². The summed E-state index contributed by atoms with van der Waals surface area (Å²) in [6, 6.07) is 0. The van der Waals surface area contributed by atoms with Gasteiger partial charge in [0.2, 0.25) is 5.91 Å². The number of amides is 1. The summed E-state index contributed by atoms with van der Waals surface area (Å²) in [5.74, 6) is -0.487. The molecule has 0 saturated heterocycles. The predicted octanol–water partition coefficient (Wildman–Crippen LogP) is 3.70. The SMILES string of the molecule is CCCCCCCCCCCCS(=O)(=O)CC(C)C(=O)NC. The fourth-order valence-corrected chi connectivity index (χ4v) is 4.32. The van der Waals surface area contributed by atoms with Crippen LogP contribution in [0.4, 0.5) is 0 Å². The minimum absolute atomic E-state index is 0.0376. The van der Waals surface area contributed by atoms with Crippen LogP contribution in [0.15, 0.2) is 0 Å². The van der Waals surface area contributed by atoms with Crippen molar-refractivity contribution in [3.8, 4) is 0 Å². The molecular formula is C17H35NO3S. The number of hydrogen-bond acceptors (Lipinski definition) is 3. The molecule has 0 heterocycles. The Bertz CT molecular complexity index is 379. The third-order valence-electron chi connectivity index (χ3n) is 4.01. The van der Waals surface area contributed by atoms with E-state index in [-0.39, 0.29) is 17.4 Å². The van der Waals surface area contributed by atoms with Crippen molar-refractivity contribution < 1.29 is 13.2 Å². The number of nitrogens with one attached hydrogen (secondary N) is 1. The lowest BCUT2D eigenvalue weighted by molar-refractivity contribution is -0.123. The molecule has 0 spiro atoms. The molecule has 1 N–H and O–H groups in total. The monoisotopic (exact) mass is 333 g/mol.